The van der Waals surface area contributed by atoms with Gasteiger partial charge in [0.25, 0.3) is 10.0 Å². The lowest BCUT2D eigenvalue weighted by molar-refractivity contribution is -0.107. The number of carbonyl (C=O) groups excluding carboxylic acids is 1. The van der Waals surface area contributed by atoms with Gasteiger partial charge in [0.1, 0.15) is 17.8 Å². The van der Waals surface area contributed by atoms with Gasteiger partial charge in [0.05, 0.1) is 35.9 Å². The van der Waals surface area contributed by atoms with E-state index in [9.17, 15) is 13.2 Å². The van der Waals surface area contributed by atoms with Crippen molar-refractivity contribution in [1.29, 1.82) is 0 Å². The Balaban J connectivity index is 2.13. The molecule has 158 valence electrons. The molecular formula is C24H21NO5S. The molecule has 0 amide bonds. The maximum atomic E-state index is 13.7. The topological polar surface area (TPSA) is 74.6 Å². The van der Waals surface area contributed by atoms with Crippen molar-refractivity contribution in [3.63, 3.8) is 0 Å². The lowest BCUT2D eigenvalue weighted by Gasteiger charge is -2.18. The summed E-state index contributed by atoms with van der Waals surface area (Å²) in [5.74, 6) is 0.845. The van der Waals surface area contributed by atoms with Crippen LogP contribution < -0.4 is 9.47 Å². The Labute approximate surface area is 180 Å². The van der Waals surface area contributed by atoms with Crippen LogP contribution in [-0.4, -0.2) is 32.9 Å². The molecule has 0 radical (unpaired) electrons. The number of aldehydes is 1. The van der Waals surface area contributed by atoms with Gasteiger partial charge in [-0.25, -0.2) is 12.4 Å². The minimum Gasteiger partial charge on any atom is -0.496 e. The van der Waals surface area contributed by atoms with Crippen molar-refractivity contribution in [2.75, 3.05) is 14.2 Å². The van der Waals surface area contributed by atoms with Gasteiger partial charge in [0.2, 0.25) is 0 Å². The van der Waals surface area contributed by atoms with Gasteiger partial charge in [0.15, 0.2) is 0 Å². The Morgan fingerprint density at radius 3 is 2.29 bits per heavy atom. The zero-order chi connectivity index (χ0) is 22.0. The number of nitrogens with zero attached hydrogens (tertiary/aromatic N) is 1. The average molecular weight is 436 g/mol. The third-order valence-corrected chi connectivity index (χ3v) is 6.87. The smallest absolute Gasteiger partial charge is 0.268 e. The molecule has 0 saturated heterocycles. The van der Waals surface area contributed by atoms with E-state index >= 15 is 0 Å². The van der Waals surface area contributed by atoms with Crippen molar-refractivity contribution in [3.05, 3.63) is 78.4 Å². The van der Waals surface area contributed by atoms with Gasteiger partial charge < -0.3 is 14.3 Å². The fraction of sp³-hybridized carbons (Fsp3) is 0.125. The predicted octanol–water partition coefficient (Wildman–Crippen LogP) is 4.30. The van der Waals surface area contributed by atoms with E-state index in [0.717, 1.165) is 11.7 Å². The number of hydrogen-bond donors (Lipinski definition) is 0. The van der Waals surface area contributed by atoms with E-state index in [1.165, 1.54) is 18.2 Å². The van der Waals surface area contributed by atoms with Gasteiger partial charge in [0, 0.05) is 17.4 Å². The molecule has 1 heterocycles. The van der Waals surface area contributed by atoms with Gasteiger partial charge in [-0.3, -0.25) is 0 Å². The van der Waals surface area contributed by atoms with Crippen molar-refractivity contribution in [1.82, 2.24) is 3.97 Å². The highest BCUT2D eigenvalue weighted by molar-refractivity contribution is 7.90. The van der Waals surface area contributed by atoms with E-state index in [-0.39, 0.29) is 11.3 Å². The lowest BCUT2D eigenvalue weighted by Crippen LogP contribution is -2.14. The molecule has 7 heteroatoms. The molecule has 4 rings (SSSR count). The zero-order valence-corrected chi connectivity index (χ0v) is 17.9. The van der Waals surface area contributed by atoms with Crippen LogP contribution in [0.1, 0.15) is 5.56 Å². The van der Waals surface area contributed by atoms with Crippen LogP contribution in [0.4, 0.5) is 0 Å². The van der Waals surface area contributed by atoms with Gasteiger partial charge in [-0.1, -0.05) is 42.5 Å². The molecule has 0 saturated carbocycles. The number of fused-ring (bicyclic) bond motifs is 1. The number of benzene rings is 3. The van der Waals surface area contributed by atoms with E-state index in [1.807, 2.05) is 12.1 Å². The molecule has 0 bridgehead atoms. The maximum absolute atomic E-state index is 13.7. The summed E-state index contributed by atoms with van der Waals surface area (Å²) in [7, 11) is -0.939. The molecule has 0 aliphatic carbocycles. The van der Waals surface area contributed by atoms with Gasteiger partial charge >= 0.3 is 0 Å². The van der Waals surface area contributed by atoms with Crippen LogP contribution in [0, 0.1) is 0 Å². The summed E-state index contributed by atoms with van der Waals surface area (Å²) in [4.78, 5) is 11.4. The Morgan fingerprint density at radius 2 is 1.61 bits per heavy atom. The Bertz CT molecular complexity index is 1360. The minimum absolute atomic E-state index is 0.131. The van der Waals surface area contributed by atoms with Crippen LogP contribution in [0.25, 0.3) is 22.2 Å². The molecule has 4 aromatic rings. The number of carbonyl (C=O) groups is 1. The molecule has 31 heavy (non-hydrogen) atoms. The summed E-state index contributed by atoms with van der Waals surface area (Å²) in [6, 6.07) is 20.8. The summed E-state index contributed by atoms with van der Waals surface area (Å²) in [6.45, 7) is 0. The van der Waals surface area contributed by atoms with E-state index in [1.54, 1.807) is 60.7 Å². The van der Waals surface area contributed by atoms with Crippen LogP contribution in [0.5, 0.6) is 11.5 Å². The van der Waals surface area contributed by atoms with E-state index < -0.39 is 10.0 Å². The Morgan fingerprint density at radius 1 is 0.903 bits per heavy atom. The van der Waals surface area contributed by atoms with E-state index in [2.05, 4.69) is 0 Å². The molecule has 0 aliphatic heterocycles. The minimum atomic E-state index is -3.94. The highest BCUT2D eigenvalue weighted by atomic mass is 32.2. The first-order valence-electron chi connectivity index (χ1n) is 9.62. The second kappa shape index (κ2) is 8.28. The van der Waals surface area contributed by atoms with Crippen LogP contribution in [0.15, 0.2) is 77.7 Å². The summed E-state index contributed by atoms with van der Waals surface area (Å²) in [6.07, 6.45) is 0.913. The van der Waals surface area contributed by atoms with E-state index in [0.29, 0.717) is 33.8 Å². The number of hydrogen-bond acceptors (Lipinski definition) is 5. The molecular weight excluding hydrogens is 414 g/mol. The highest BCUT2D eigenvalue weighted by Gasteiger charge is 2.28. The number of para-hydroxylation sites is 1. The van der Waals surface area contributed by atoms with Crippen molar-refractivity contribution >= 4 is 27.2 Å². The van der Waals surface area contributed by atoms with Crippen molar-refractivity contribution < 1.29 is 22.7 Å². The van der Waals surface area contributed by atoms with Crippen LogP contribution in [0.3, 0.4) is 0 Å². The summed E-state index contributed by atoms with van der Waals surface area (Å²) in [5.41, 5.74) is 2.04. The normalized spacial score (nSPS) is 11.4. The number of rotatable bonds is 7. The quantitative estimate of drug-likeness (QED) is 0.405. The molecule has 0 unspecified atom stereocenters. The van der Waals surface area contributed by atoms with Crippen LogP contribution >= 0.6 is 0 Å². The monoisotopic (exact) mass is 435 g/mol. The highest BCUT2D eigenvalue weighted by Crippen LogP contribution is 2.44. The average Bonchev–Trinajstić information content (AvgIpc) is 3.19. The maximum Gasteiger partial charge on any atom is 0.268 e. The van der Waals surface area contributed by atoms with Crippen LogP contribution in [0.2, 0.25) is 0 Å². The Kier molecular flexibility index (Phi) is 5.52. The first-order valence-corrected chi connectivity index (χ1v) is 11.1. The molecule has 0 fully saturated rings. The second-order valence-electron chi connectivity index (χ2n) is 6.88. The molecule has 0 aliphatic rings. The van der Waals surface area contributed by atoms with Gasteiger partial charge in [-0.2, -0.15) is 0 Å². The summed E-state index contributed by atoms with van der Waals surface area (Å²) >= 11 is 0. The van der Waals surface area contributed by atoms with Crippen LogP contribution in [-0.2, 0) is 21.2 Å². The second-order valence-corrected chi connectivity index (χ2v) is 8.66. The van der Waals surface area contributed by atoms with Crippen molar-refractivity contribution in [2.24, 2.45) is 0 Å². The standard InChI is InChI=1S/C24H21NO5S/c1-29-22-13-12-17(14-15-26)24(30-2)23(22)21-16-18-8-6-7-11-20(18)25(21)31(27,28)19-9-4-3-5-10-19/h3-13,15-16H,14H2,1-2H3. The zero-order valence-electron chi connectivity index (χ0n) is 17.1. The number of ether oxygens (including phenoxy) is 2. The third-order valence-electron chi connectivity index (χ3n) is 5.13. The fourth-order valence-corrected chi connectivity index (χ4v) is 5.30. The summed E-state index contributed by atoms with van der Waals surface area (Å²) < 4.78 is 40.0. The molecule has 0 N–H and O–H groups in total. The fourth-order valence-electron chi connectivity index (χ4n) is 3.76. The molecule has 0 spiro atoms. The number of aromatic nitrogens is 1. The predicted molar refractivity (Wildman–Crippen MR) is 119 cm³/mol. The number of methoxy groups -OCH3 is 2. The SMILES string of the molecule is COc1ccc(CC=O)c(OC)c1-c1cc2ccccc2n1S(=O)(=O)c1ccccc1. The van der Waals surface area contributed by atoms with Crippen molar-refractivity contribution in [2.45, 2.75) is 11.3 Å². The first kappa shape index (κ1) is 20.7. The molecule has 1 aromatic heterocycles. The lowest BCUT2D eigenvalue weighted by atomic mass is 10.0. The Hall–Kier alpha value is -3.58. The first-order chi connectivity index (χ1) is 15.0. The molecule has 0 atom stereocenters. The van der Waals surface area contributed by atoms with E-state index in [4.69, 9.17) is 9.47 Å². The van der Waals surface area contributed by atoms with Crippen molar-refractivity contribution in [3.8, 4) is 22.8 Å². The third kappa shape index (κ3) is 3.47. The van der Waals surface area contributed by atoms with Gasteiger partial charge in [-0.15, -0.1) is 0 Å². The summed E-state index contributed by atoms with van der Waals surface area (Å²) in [5, 5.41) is 0.752. The molecule has 6 nitrogen and oxygen atoms in total. The van der Waals surface area contributed by atoms with Gasteiger partial charge in [-0.05, 0) is 30.3 Å². The largest absolute Gasteiger partial charge is 0.496 e. The molecule has 3 aromatic carbocycles.